The van der Waals surface area contributed by atoms with Gasteiger partial charge in [0.1, 0.15) is 16.3 Å². The number of benzene rings is 2. The highest BCUT2D eigenvalue weighted by atomic mass is 32.2. The molecule has 49 heavy (non-hydrogen) atoms. The zero-order valence-corrected chi connectivity index (χ0v) is 27.6. The summed E-state index contributed by atoms with van der Waals surface area (Å²) in [7, 11) is -10.00. The monoisotopic (exact) mass is 760 g/mol. The summed E-state index contributed by atoms with van der Waals surface area (Å²) in [5.41, 5.74) is -2.28. The highest BCUT2D eigenvalue weighted by molar-refractivity contribution is 7.95. The molecule has 1 aliphatic heterocycles. The fourth-order valence-electron chi connectivity index (χ4n) is 4.16. The van der Waals surface area contributed by atoms with Crippen molar-refractivity contribution in [3.63, 3.8) is 0 Å². The van der Waals surface area contributed by atoms with Crippen molar-refractivity contribution >= 4 is 79.3 Å². The van der Waals surface area contributed by atoms with Gasteiger partial charge in [0.2, 0.25) is 5.88 Å². The van der Waals surface area contributed by atoms with Gasteiger partial charge in [0.15, 0.2) is 11.6 Å². The summed E-state index contributed by atoms with van der Waals surface area (Å²) in [6.07, 6.45) is 3.25. The van der Waals surface area contributed by atoms with Gasteiger partial charge in [0, 0.05) is 18.7 Å². The number of rotatable bonds is 14. The van der Waals surface area contributed by atoms with Gasteiger partial charge in [0.25, 0.3) is 26.1 Å². The Morgan fingerprint density at radius 1 is 0.898 bits per heavy atom. The van der Waals surface area contributed by atoms with Gasteiger partial charge in [-0.25, -0.2) is 10.5 Å². The first-order chi connectivity index (χ1) is 23.0. The Hall–Kier alpha value is -4.31. The first kappa shape index (κ1) is 37.5. The molecule has 20 nitrogen and oxygen atoms in total. The van der Waals surface area contributed by atoms with E-state index in [0.29, 0.717) is 47.0 Å². The molecule has 24 heteroatoms. The second kappa shape index (κ2) is 15.1. The number of hydrogen-bond donors (Lipinski definition) is 5. The van der Waals surface area contributed by atoms with Crippen molar-refractivity contribution in [1.82, 2.24) is 9.78 Å². The lowest BCUT2D eigenvalue weighted by Crippen LogP contribution is -2.22. The van der Waals surface area contributed by atoms with Crippen LogP contribution in [0.1, 0.15) is 29.9 Å². The van der Waals surface area contributed by atoms with Crippen LogP contribution in [0.2, 0.25) is 0 Å². The average molecular weight is 761 g/mol. The number of aromatic nitrogens is 2. The maximum Gasteiger partial charge on any atom is 0.296 e. The summed E-state index contributed by atoms with van der Waals surface area (Å²) in [5, 5.41) is 44.0. The Kier molecular flexibility index (Phi) is 11.5. The van der Waals surface area contributed by atoms with Gasteiger partial charge in [-0.05, 0) is 48.6 Å². The number of nitrogens with zero attached hydrogens (tertiary/aromatic N) is 4. The third-order valence-electron chi connectivity index (χ3n) is 6.18. The van der Waals surface area contributed by atoms with Crippen LogP contribution in [0, 0.1) is 0 Å². The maximum atomic E-state index is 13.5. The Morgan fingerprint density at radius 3 is 2.16 bits per heavy atom. The summed E-state index contributed by atoms with van der Waals surface area (Å²) < 4.78 is 76.0. The summed E-state index contributed by atoms with van der Waals surface area (Å²) >= 11 is 0.977. The van der Waals surface area contributed by atoms with Crippen molar-refractivity contribution in [3.05, 3.63) is 65.4 Å². The van der Waals surface area contributed by atoms with Gasteiger partial charge in [0.05, 0.1) is 56.4 Å². The van der Waals surface area contributed by atoms with Crippen LogP contribution in [-0.2, 0) is 48.6 Å². The van der Waals surface area contributed by atoms with E-state index in [9.17, 15) is 45.4 Å². The average Bonchev–Trinajstić information content (AvgIpc) is 3.54. The molecule has 1 aromatic heterocycles. The largest absolute Gasteiger partial charge is 0.493 e. The Bertz CT molecular complexity index is 2160. The van der Waals surface area contributed by atoms with Gasteiger partial charge in [-0.1, -0.05) is 16.2 Å². The van der Waals surface area contributed by atoms with Gasteiger partial charge in [-0.3, -0.25) is 23.5 Å². The lowest BCUT2D eigenvalue weighted by atomic mass is 10.1. The van der Waals surface area contributed by atoms with Crippen molar-refractivity contribution in [1.29, 1.82) is 0 Å². The van der Waals surface area contributed by atoms with E-state index in [1.165, 1.54) is 18.2 Å². The van der Waals surface area contributed by atoms with Crippen molar-refractivity contribution in [2.45, 2.75) is 33.4 Å². The van der Waals surface area contributed by atoms with Crippen LogP contribution < -0.4 is 5.01 Å². The van der Waals surface area contributed by atoms with Crippen LogP contribution in [0.25, 0.3) is 11.8 Å². The van der Waals surface area contributed by atoms with Gasteiger partial charge in [-0.2, -0.15) is 36.7 Å². The highest BCUT2D eigenvalue weighted by Crippen LogP contribution is 2.38. The fourth-order valence-corrected chi connectivity index (χ4v) is 6.16. The van der Waals surface area contributed by atoms with Crippen molar-refractivity contribution in [2.24, 2.45) is 5.10 Å². The van der Waals surface area contributed by atoms with E-state index in [4.69, 9.17) is 10.5 Å². The predicted octanol–water partition coefficient (Wildman–Crippen LogP) is 3.06. The standard InChI is InChI=1S/C25H20N4O16S4/c1-12(30)22-16(24(32)28(26-22)18-10-14(46-44-42-34)6-8-20(18)47-45-43-35)4-3-5-17-23(13(2)31)27-29(25(17)33)19-11-15(48(36,37)38)7-9-21(19)49(39,40)41/h3-11,33-35H,1-2H3,(H,36,37,38)(H,39,40,41)/b5-3+,16-4-. The molecular formula is C25H20N4O16S4. The van der Waals surface area contributed by atoms with Crippen molar-refractivity contribution < 1.29 is 74.7 Å². The number of anilines is 1. The lowest BCUT2D eigenvalue weighted by Gasteiger charge is -2.16. The van der Waals surface area contributed by atoms with Gasteiger partial charge >= 0.3 is 0 Å². The molecule has 4 rings (SSSR count). The minimum absolute atomic E-state index is 0.0238. The molecule has 0 radical (unpaired) electrons. The molecule has 2 aromatic carbocycles. The second-order valence-corrected chi connectivity index (χ2v) is 13.6. The third kappa shape index (κ3) is 8.29. The normalized spacial score (nSPS) is 14.7. The SMILES string of the molecule is CC(=O)C1=NN(c2cc(SOOO)ccc2SOOO)C(=O)/C1=C\C=C\c1c(C(C)=O)nn(-c2cc(S(=O)(=O)O)ccc2S(=O)(=O)O)c1O. The summed E-state index contributed by atoms with van der Waals surface area (Å²) in [6, 6.07) is 5.99. The third-order valence-corrected chi connectivity index (χ3v) is 9.15. The number of Topliss-reactive ketones (excluding diaryl/α,β-unsaturated/α-hetero) is 2. The van der Waals surface area contributed by atoms with Crippen LogP contribution in [0.15, 0.2) is 78.8 Å². The summed E-state index contributed by atoms with van der Waals surface area (Å²) in [5.74, 6) is -3.26. The van der Waals surface area contributed by atoms with Gasteiger partial charge < -0.3 is 5.11 Å². The number of carbonyl (C=O) groups is 3. The molecule has 0 fully saturated rings. The van der Waals surface area contributed by atoms with E-state index >= 15 is 0 Å². The molecule has 0 spiro atoms. The highest BCUT2D eigenvalue weighted by Gasteiger charge is 2.35. The van der Waals surface area contributed by atoms with E-state index in [-0.39, 0.29) is 32.3 Å². The number of hydrazone groups is 1. The van der Waals surface area contributed by atoms with Crippen LogP contribution in [0.5, 0.6) is 5.88 Å². The summed E-state index contributed by atoms with van der Waals surface area (Å²) in [4.78, 5) is 37.1. The smallest absolute Gasteiger partial charge is 0.296 e. The van der Waals surface area contributed by atoms with Crippen LogP contribution >= 0.6 is 24.1 Å². The molecule has 260 valence electrons. The first-order valence-corrected chi connectivity index (χ1v) is 17.0. The number of ketones is 2. The maximum absolute atomic E-state index is 13.5. The molecule has 0 aliphatic carbocycles. The Balaban J connectivity index is 1.81. The number of amides is 1. The molecule has 0 bridgehead atoms. The number of hydrogen-bond acceptors (Lipinski definition) is 18. The summed E-state index contributed by atoms with van der Waals surface area (Å²) in [6.45, 7) is 2.14. The Morgan fingerprint density at radius 2 is 1.57 bits per heavy atom. The first-order valence-electron chi connectivity index (χ1n) is 12.7. The van der Waals surface area contributed by atoms with Crippen molar-refractivity contribution in [2.75, 3.05) is 5.01 Å². The predicted molar refractivity (Wildman–Crippen MR) is 165 cm³/mol. The second-order valence-electron chi connectivity index (χ2n) is 9.28. The number of allylic oxidation sites excluding steroid dienone is 2. The van der Waals surface area contributed by atoms with E-state index in [1.54, 1.807) is 0 Å². The quantitative estimate of drug-likeness (QED) is 0.0394. The van der Waals surface area contributed by atoms with Crippen LogP contribution in [0.3, 0.4) is 0 Å². The molecule has 3 aromatic rings. The molecule has 2 heterocycles. The molecule has 0 saturated heterocycles. The molecule has 0 unspecified atom stereocenters. The number of aromatic hydroxyl groups is 1. The number of carbonyl (C=O) groups excluding carboxylic acids is 3. The topological polar surface area (TPSA) is 291 Å². The van der Waals surface area contributed by atoms with Gasteiger partial charge in [-0.15, -0.1) is 8.67 Å². The van der Waals surface area contributed by atoms with E-state index in [2.05, 4.69) is 28.9 Å². The minimum atomic E-state index is -5.08. The fraction of sp³-hybridized carbons (Fsp3) is 0.0800. The van der Waals surface area contributed by atoms with Crippen molar-refractivity contribution in [3.8, 4) is 11.6 Å². The molecule has 1 amide bonds. The van der Waals surface area contributed by atoms with Crippen LogP contribution in [0.4, 0.5) is 5.69 Å². The van der Waals surface area contributed by atoms with E-state index in [0.717, 1.165) is 37.1 Å². The zero-order valence-electron chi connectivity index (χ0n) is 24.3. The molecule has 5 N–H and O–H groups in total. The van der Waals surface area contributed by atoms with Crippen LogP contribution in [-0.4, -0.2) is 74.5 Å². The zero-order chi connectivity index (χ0) is 36.3. The van der Waals surface area contributed by atoms with E-state index < -0.39 is 64.8 Å². The van der Waals surface area contributed by atoms with E-state index in [1.807, 2.05) is 0 Å². The molecule has 0 atom stereocenters. The minimum Gasteiger partial charge on any atom is -0.493 e. The Labute approximate surface area is 283 Å². The molecular weight excluding hydrogens is 741 g/mol. The lowest BCUT2D eigenvalue weighted by molar-refractivity contribution is -0.432. The molecule has 1 aliphatic rings. The molecule has 0 saturated carbocycles.